The van der Waals surface area contributed by atoms with Crippen molar-refractivity contribution < 1.29 is 4.74 Å². The van der Waals surface area contributed by atoms with E-state index in [0.29, 0.717) is 0 Å². The molecule has 0 aliphatic heterocycles. The molecule has 1 aromatic rings. The third-order valence-corrected chi connectivity index (χ3v) is 1.32. The minimum absolute atomic E-state index is 0.835. The maximum absolute atomic E-state index is 5.04. The van der Waals surface area contributed by atoms with Crippen molar-refractivity contribution >= 4 is 0 Å². The predicted molar refractivity (Wildman–Crippen MR) is 39.1 cm³/mol. The number of aromatic nitrogens is 2. The second-order valence-electron chi connectivity index (χ2n) is 2.10. The molecule has 0 amide bonds. The van der Waals surface area contributed by atoms with Crippen LogP contribution in [0, 0.1) is 0 Å². The topological polar surface area (TPSA) is 27.1 Å². The molecule has 0 saturated carbocycles. The predicted octanol–water partition coefficient (Wildman–Crippen LogP) is 1.30. The molecule has 0 atom stereocenters. The van der Waals surface area contributed by atoms with Gasteiger partial charge >= 0.3 is 0 Å². The van der Waals surface area contributed by atoms with Crippen molar-refractivity contribution in [1.29, 1.82) is 0 Å². The molecule has 1 heterocycles. The molecule has 0 aliphatic rings. The zero-order valence-electron chi connectivity index (χ0n) is 6.37. The average molecular weight is 140 g/mol. The zero-order valence-corrected chi connectivity index (χ0v) is 6.37. The van der Waals surface area contributed by atoms with Gasteiger partial charge in [0.1, 0.15) is 0 Å². The molecule has 0 unspecified atom stereocenters. The highest BCUT2D eigenvalue weighted by Crippen LogP contribution is 2.07. The Morgan fingerprint density at radius 2 is 2.50 bits per heavy atom. The highest BCUT2D eigenvalue weighted by Gasteiger charge is 1.97. The summed E-state index contributed by atoms with van der Waals surface area (Å²) in [6.45, 7) is 3.04. The van der Waals surface area contributed by atoms with Gasteiger partial charge in [-0.25, -0.2) is 4.68 Å². The lowest BCUT2D eigenvalue weighted by Crippen LogP contribution is -2.01. The summed E-state index contributed by atoms with van der Waals surface area (Å²) in [6, 6.07) is 1.86. The summed E-state index contributed by atoms with van der Waals surface area (Å²) < 4.78 is 6.89. The van der Waals surface area contributed by atoms with E-state index >= 15 is 0 Å². The van der Waals surface area contributed by atoms with Crippen molar-refractivity contribution in [2.45, 2.75) is 19.9 Å². The van der Waals surface area contributed by atoms with Crippen molar-refractivity contribution in [2.24, 2.45) is 0 Å². The molecule has 0 N–H and O–H groups in total. The highest BCUT2D eigenvalue weighted by atomic mass is 16.5. The van der Waals surface area contributed by atoms with Gasteiger partial charge in [-0.2, -0.15) is 5.10 Å². The molecule has 3 heteroatoms. The lowest BCUT2D eigenvalue weighted by Gasteiger charge is -2.02. The van der Waals surface area contributed by atoms with Crippen molar-refractivity contribution in [3.63, 3.8) is 0 Å². The number of rotatable bonds is 3. The van der Waals surface area contributed by atoms with E-state index in [0.717, 1.165) is 18.8 Å². The fourth-order valence-electron chi connectivity index (χ4n) is 0.874. The molecular formula is C7H12N2O. The summed E-state index contributed by atoms with van der Waals surface area (Å²) >= 11 is 0. The van der Waals surface area contributed by atoms with Gasteiger partial charge in [-0.1, -0.05) is 6.92 Å². The van der Waals surface area contributed by atoms with E-state index in [1.165, 1.54) is 0 Å². The lowest BCUT2D eigenvalue weighted by molar-refractivity contribution is 0.359. The van der Waals surface area contributed by atoms with E-state index in [4.69, 9.17) is 4.74 Å². The van der Waals surface area contributed by atoms with Gasteiger partial charge in [0.2, 0.25) is 5.88 Å². The first-order chi connectivity index (χ1) is 4.88. The van der Waals surface area contributed by atoms with Crippen molar-refractivity contribution in [3.8, 4) is 5.88 Å². The van der Waals surface area contributed by atoms with Crippen LogP contribution in [0.5, 0.6) is 5.88 Å². The van der Waals surface area contributed by atoms with Crippen molar-refractivity contribution in [1.82, 2.24) is 9.78 Å². The second-order valence-corrected chi connectivity index (χ2v) is 2.10. The fourth-order valence-corrected chi connectivity index (χ4v) is 0.874. The standard InChI is InChI=1S/C7H12N2O/c1-3-6-9-7(10-2)4-5-8-9/h4-5H,3,6H2,1-2H3. The van der Waals surface area contributed by atoms with Gasteiger partial charge in [-0.05, 0) is 6.42 Å². The molecule has 3 nitrogen and oxygen atoms in total. The Labute approximate surface area is 60.6 Å². The van der Waals surface area contributed by atoms with Gasteiger partial charge < -0.3 is 4.74 Å². The molecule has 0 aliphatic carbocycles. The Hall–Kier alpha value is -0.990. The van der Waals surface area contributed by atoms with Crippen LogP contribution in [0.4, 0.5) is 0 Å². The third kappa shape index (κ3) is 1.29. The smallest absolute Gasteiger partial charge is 0.211 e. The van der Waals surface area contributed by atoms with Gasteiger partial charge in [-0.3, -0.25) is 0 Å². The van der Waals surface area contributed by atoms with E-state index in [9.17, 15) is 0 Å². The van der Waals surface area contributed by atoms with E-state index in [1.54, 1.807) is 13.3 Å². The fraction of sp³-hybridized carbons (Fsp3) is 0.571. The molecular weight excluding hydrogens is 128 g/mol. The second kappa shape index (κ2) is 3.25. The third-order valence-electron chi connectivity index (χ3n) is 1.32. The van der Waals surface area contributed by atoms with Gasteiger partial charge in [0.15, 0.2) is 0 Å². The minimum atomic E-state index is 0.835. The quantitative estimate of drug-likeness (QED) is 0.632. The largest absolute Gasteiger partial charge is 0.481 e. The number of nitrogens with zero attached hydrogens (tertiary/aromatic N) is 2. The van der Waals surface area contributed by atoms with Gasteiger partial charge in [0, 0.05) is 12.6 Å². The monoisotopic (exact) mass is 140 g/mol. The molecule has 0 radical (unpaired) electrons. The van der Waals surface area contributed by atoms with Crippen LogP contribution in [0.3, 0.4) is 0 Å². The summed E-state index contributed by atoms with van der Waals surface area (Å²) in [6.07, 6.45) is 2.83. The van der Waals surface area contributed by atoms with Crippen LogP contribution in [0.1, 0.15) is 13.3 Å². The summed E-state index contributed by atoms with van der Waals surface area (Å²) in [5.41, 5.74) is 0. The van der Waals surface area contributed by atoms with Crippen LogP contribution in [0.15, 0.2) is 12.3 Å². The summed E-state index contributed by atoms with van der Waals surface area (Å²) in [4.78, 5) is 0. The number of ether oxygens (including phenoxy) is 1. The van der Waals surface area contributed by atoms with Crippen LogP contribution < -0.4 is 4.74 Å². The Kier molecular flexibility index (Phi) is 2.31. The number of hydrogen-bond acceptors (Lipinski definition) is 2. The molecule has 0 fully saturated rings. The first-order valence-corrected chi connectivity index (χ1v) is 3.44. The summed E-state index contributed by atoms with van der Waals surface area (Å²) in [5, 5.41) is 4.07. The maximum atomic E-state index is 5.04. The Morgan fingerprint density at radius 3 is 3.10 bits per heavy atom. The van der Waals surface area contributed by atoms with Crippen LogP contribution in [-0.4, -0.2) is 16.9 Å². The molecule has 56 valence electrons. The summed E-state index contributed by atoms with van der Waals surface area (Å²) in [7, 11) is 1.66. The van der Waals surface area contributed by atoms with Crippen LogP contribution in [0.25, 0.3) is 0 Å². The highest BCUT2D eigenvalue weighted by molar-refractivity contribution is 5.06. The first-order valence-electron chi connectivity index (χ1n) is 3.44. The van der Waals surface area contributed by atoms with E-state index in [1.807, 2.05) is 10.7 Å². The number of aryl methyl sites for hydroxylation is 1. The Balaban J connectivity index is 2.70. The molecule has 0 bridgehead atoms. The van der Waals surface area contributed by atoms with Gasteiger partial charge in [0.25, 0.3) is 0 Å². The molecule has 10 heavy (non-hydrogen) atoms. The SMILES string of the molecule is CCCn1nccc1OC. The van der Waals surface area contributed by atoms with Crippen molar-refractivity contribution in [2.75, 3.05) is 7.11 Å². The number of methoxy groups -OCH3 is 1. The van der Waals surface area contributed by atoms with E-state index in [2.05, 4.69) is 12.0 Å². The van der Waals surface area contributed by atoms with Gasteiger partial charge in [-0.15, -0.1) is 0 Å². The van der Waals surface area contributed by atoms with Crippen molar-refractivity contribution in [3.05, 3.63) is 12.3 Å². The van der Waals surface area contributed by atoms with Gasteiger partial charge in [0.05, 0.1) is 13.3 Å². The number of hydrogen-bond donors (Lipinski definition) is 0. The first kappa shape index (κ1) is 7.12. The molecule has 1 rings (SSSR count). The Bertz CT molecular complexity index is 195. The minimum Gasteiger partial charge on any atom is -0.481 e. The van der Waals surface area contributed by atoms with E-state index in [-0.39, 0.29) is 0 Å². The van der Waals surface area contributed by atoms with E-state index < -0.39 is 0 Å². The zero-order chi connectivity index (χ0) is 7.40. The lowest BCUT2D eigenvalue weighted by atomic mass is 10.5. The maximum Gasteiger partial charge on any atom is 0.211 e. The molecule has 0 saturated heterocycles. The summed E-state index contributed by atoms with van der Waals surface area (Å²) in [5.74, 6) is 0.835. The molecule has 0 aromatic carbocycles. The molecule has 0 spiro atoms. The van der Waals surface area contributed by atoms with Crippen LogP contribution in [0.2, 0.25) is 0 Å². The van der Waals surface area contributed by atoms with Crippen LogP contribution in [-0.2, 0) is 6.54 Å². The van der Waals surface area contributed by atoms with Crippen LogP contribution >= 0.6 is 0 Å². The Morgan fingerprint density at radius 1 is 1.70 bits per heavy atom. The normalized spacial score (nSPS) is 9.80. The average Bonchev–Trinajstić information content (AvgIpc) is 2.36. The molecule has 1 aromatic heterocycles.